The SMILES string of the molecule is COC1(OC)CN2CCC1C2. The van der Waals surface area contributed by atoms with Crippen LogP contribution in [0.1, 0.15) is 6.42 Å². The Balaban J connectivity index is 2.14. The van der Waals surface area contributed by atoms with E-state index < -0.39 is 0 Å². The minimum absolute atomic E-state index is 0.280. The van der Waals surface area contributed by atoms with Gasteiger partial charge >= 0.3 is 0 Å². The lowest BCUT2D eigenvalue weighted by atomic mass is 9.98. The first-order chi connectivity index (χ1) is 5.30. The fraction of sp³-hybridized carbons (Fsp3) is 1.00. The molecule has 2 bridgehead atoms. The average Bonchev–Trinajstić information content (AvgIpc) is 2.62. The molecule has 2 aliphatic heterocycles. The number of hydrogen-bond acceptors (Lipinski definition) is 3. The van der Waals surface area contributed by atoms with Gasteiger partial charge in [-0.05, 0) is 13.0 Å². The van der Waals surface area contributed by atoms with E-state index in [4.69, 9.17) is 9.47 Å². The third-order valence-corrected chi connectivity index (χ3v) is 3.03. The largest absolute Gasteiger partial charge is 0.352 e. The second kappa shape index (κ2) is 2.44. The Bertz CT molecular complexity index is 156. The van der Waals surface area contributed by atoms with Crippen molar-refractivity contribution in [3.8, 4) is 0 Å². The molecule has 2 rings (SSSR count). The summed E-state index contributed by atoms with van der Waals surface area (Å²) in [6.07, 6.45) is 1.22. The molecular formula is C8H15NO2. The molecule has 11 heavy (non-hydrogen) atoms. The lowest BCUT2D eigenvalue weighted by molar-refractivity contribution is -0.227. The number of methoxy groups -OCH3 is 2. The zero-order valence-electron chi connectivity index (χ0n) is 7.17. The average molecular weight is 157 g/mol. The summed E-state index contributed by atoms with van der Waals surface area (Å²) in [5, 5.41) is 0. The van der Waals surface area contributed by atoms with Crippen molar-refractivity contribution >= 4 is 0 Å². The molecular weight excluding hydrogens is 142 g/mol. The quantitative estimate of drug-likeness (QED) is 0.538. The summed E-state index contributed by atoms with van der Waals surface area (Å²) >= 11 is 0. The van der Waals surface area contributed by atoms with E-state index in [2.05, 4.69) is 4.90 Å². The fourth-order valence-electron chi connectivity index (χ4n) is 2.32. The Morgan fingerprint density at radius 2 is 2.09 bits per heavy atom. The van der Waals surface area contributed by atoms with Crippen molar-refractivity contribution < 1.29 is 9.47 Å². The molecule has 0 spiro atoms. The topological polar surface area (TPSA) is 21.7 Å². The van der Waals surface area contributed by atoms with Gasteiger partial charge in [0.05, 0.1) is 6.54 Å². The molecule has 0 aromatic carbocycles. The van der Waals surface area contributed by atoms with Crippen LogP contribution in [0.3, 0.4) is 0 Å². The molecule has 0 aromatic heterocycles. The van der Waals surface area contributed by atoms with Crippen molar-refractivity contribution in [2.45, 2.75) is 12.2 Å². The van der Waals surface area contributed by atoms with E-state index in [1.54, 1.807) is 14.2 Å². The number of rotatable bonds is 2. The van der Waals surface area contributed by atoms with E-state index in [0.29, 0.717) is 5.92 Å². The molecule has 0 radical (unpaired) electrons. The maximum atomic E-state index is 5.42. The van der Waals surface area contributed by atoms with Crippen molar-refractivity contribution in [1.82, 2.24) is 4.90 Å². The predicted molar refractivity (Wildman–Crippen MR) is 41.3 cm³/mol. The molecule has 2 fully saturated rings. The monoisotopic (exact) mass is 157 g/mol. The van der Waals surface area contributed by atoms with Gasteiger partial charge in [0, 0.05) is 26.7 Å². The Hall–Kier alpha value is -0.120. The highest BCUT2D eigenvalue weighted by atomic mass is 16.7. The summed E-state index contributed by atoms with van der Waals surface area (Å²) in [6, 6.07) is 0. The summed E-state index contributed by atoms with van der Waals surface area (Å²) in [6.45, 7) is 3.32. The van der Waals surface area contributed by atoms with Crippen molar-refractivity contribution in [1.29, 1.82) is 0 Å². The third-order valence-electron chi connectivity index (χ3n) is 3.03. The van der Waals surface area contributed by atoms with Gasteiger partial charge in [-0.15, -0.1) is 0 Å². The van der Waals surface area contributed by atoms with Crippen LogP contribution in [-0.4, -0.2) is 44.5 Å². The van der Waals surface area contributed by atoms with Gasteiger partial charge in [0.2, 0.25) is 0 Å². The number of ether oxygens (including phenoxy) is 2. The molecule has 0 N–H and O–H groups in total. The third kappa shape index (κ3) is 0.916. The lowest BCUT2D eigenvalue weighted by Crippen LogP contribution is -2.45. The molecule has 0 aliphatic carbocycles. The molecule has 3 nitrogen and oxygen atoms in total. The van der Waals surface area contributed by atoms with Crippen molar-refractivity contribution in [2.75, 3.05) is 33.9 Å². The van der Waals surface area contributed by atoms with Crippen LogP contribution >= 0.6 is 0 Å². The zero-order valence-corrected chi connectivity index (χ0v) is 7.17. The molecule has 64 valence electrons. The van der Waals surface area contributed by atoms with Crippen molar-refractivity contribution in [3.05, 3.63) is 0 Å². The molecule has 2 saturated heterocycles. The molecule has 2 heterocycles. The highest BCUT2D eigenvalue weighted by Gasteiger charge is 2.51. The highest BCUT2D eigenvalue weighted by Crippen LogP contribution is 2.38. The van der Waals surface area contributed by atoms with Crippen LogP contribution < -0.4 is 0 Å². The van der Waals surface area contributed by atoms with E-state index in [9.17, 15) is 0 Å². The molecule has 2 atom stereocenters. The molecule has 3 heteroatoms. The minimum Gasteiger partial charge on any atom is -0.352 e. The number of nitrogens with zero attached hydrogens (tertiary/aromatic N) is 1. The lowest BCUT2D eigenvalue weighted by Gasteiger charge is -2.34. The van der Waals surface area contributed by atoms with Gasteiger partial charge in [0.1, 0.15) is 0 Å². The van der Waals surface area contributed by atoms with Crippen LogP contribution in [0.15, 0.2) is 0 Å². The molecule has 0 saturated carbocycles. The molecule has 0 amide bonds. The number of hydrogen-bond donors (Lipinski definition) is 0. The maximum Gasteiger partial charge on any atom is 0.184 e. The normalized spacial score (nSPS) is 39.8. The van der Waals surface area contributed by atoms with Gasteiger partial charge < -0.3 is 9.47 Å². The van der Waals surface area contributed by atoms with Crippen LogP contribution in [0.25, 0.3) is 0 Å². The van der Waals surface area contributed by atoms with Gasteiger partial charge in [0.25, 0.3) is 0 Å². The summed E-state index contributed by atoms with van der Waals surface area (Å²) < 4.78 is 10.8. The Morgan fingerprint density at radius 1 is 1.36 bits per heavy atom. The van der Waals surface area contributed by atoms with Crippen molar-refractivity contribution in [3.63, 3.8) is 0 Å². The highest BCUT2D eigenvalue weighted by molar-refractivity contribution is 4.97. The first-order valence-electron chi connectivity index (χ1n) is 4.13. The van der Waals surface area contributed by atoms with Crippen LogP contribution in [0.5, 0.6) is 0 Å². The van der Waals surface area contributed by atoms with E-state index in [-0.39, 0.29) is 5.79 Å². The van der Waals surface area contributed by atoms with Gasteiger partial charge in [0.15, 0.2) is 5.79 Å². The maximum absolute atomic E-state index is 5.42. The zero-order chi connectivity index (χ0) is 7.90. The summed E-state index contributed by atoms with van der Waals surface area (Å²) in [7, 11) is 3.48. The van der Waals surface area contributed by atoms with Crippen LogP contribution in [0.2, 0.25) is 0 Å². The van der Waals surface area contributed by atoms with E-state index in [1.165, 1.54) is 13.0 Å². The second-order valence-electron chi connectivity index (χ2n) is 3.44. The van der Waals surface area contributed by atoms with E-state index >= 15 is 0 Å². The van der Waals surface area contributed by atoms with E-state index in [0.717, 1.165) is 13.1 Å². The molecule has 0 aromatic rings. The summed E-state index contributed by atoms with van der Waals surface area (Å²) in [5.41, 5.74) is 0. The minimum atomic E-state index is -0.280. The van der Waals surface area contributed by atoms with Gasteiger partial charge in [-0.25, -0.2) is 0 Å². The van der Waals surface area contributed by atoms with Gasteiger partial charge in [-0.1, -0.05) is 0 Å². The first-order valence-corrected chi connectivity index (χ1v) is 4.13. The van der Waals surface area contributed by atoms with Crippen LogP contribution in [-0.2, 0) is 9.47 Å². The van der Waals surface area contributed by atoms with Crippen LogP contribution in [0.4, 0.5) is 0 Å². The molecule has 2 aliphatic rings. The number of piperidine rings is 1. The number of fused-ring (bicyclic) bond motifs is 2. The second-order valence-corrected chi connectivity index (χ2v) is 3.44. The smallest absolute Gasteiger partial charge is 0.184 e. The Labute approximate surface area is 67.3 Å². The van der Waals surface area contributed by atoms with Gasteiger partial charge in [-0.2, -0.15) is 0 Å². The summed E-state index contributed by atoms with van der Waals surface area (Å²) in [5.74, 6) is 0.315. The molecule has 2 unspecified atom stereocenters. The van der Waals surface area contributed by atoms with E-state index in [1.807, 2.05) is 0 Å². The van der Waals surface area contributed by atoms with Crippen LogP contribution in [0, 0.1) is 5.92 Å². The summed E-state index contributed by atoms with van der Waals surface area (Å²) in [4.78, 5) is 2.40. The predicted octanol–water partition coefficient (Wildman–Crippen LogP) is 0.311. The Kier molecular flexibility index (Phi) is 1.67. The fourth-order valence-corrected chi connectivity index (χ4v) is 2.32. The Morgan fingerprint density at radius 3 is 2.36 bits per heavy atom. The first kappa shape index (κ1) is 7.53. The van der Waals surface area contributed by atoms with Gasteiger partial charge in [-0.3, -0.25) is 4.90 Å². The van der Waals surface area contributed by atoms with Crippen molar-refractivity contribution in [2.24, 2.45) is 5.92 Å². The standard InChI is InChI=1S/C8H15NO2/c1-10-8(11-2)6-9-4-3-7(8)5-9/h7H,3-6H2,1-2H3.